The molecule has 4 nitrogen and oxygen atoms in total. The molecule has 0 unspecified atom stereocenters. The molecule has 2 rings (SSSR count). The minimum Gasteiger partial charge on any atom is -0.409 e. The highest BCUT2D eigenvalue weighted by atomic mass is 16.4. The third-order valence-electron chi connectivity index (χ3n) is 4.29. The van der Waals surface area contributed by atoms with Crippen LogP contribution in [-0.2, 0) is 13.0 Å². The summed E-state index contributed by atoms with van der Waals surface area (Å²) in [5.41, 5.74) is 8.41. The third kappa shape index (κ3) is 3.51. The zero-order chi connectivity index (χ0) is 14.6. The molecule has 0 atom stereocenters. The quantitative estimate of drug-likeness (QED) is 0.384. The topological polar surface area (TPSA) is 61.8 Å². The van der Waals surface area contributed by atoms with Crippen molar-refractivity contribution in [2.75, 3.05) is 13.1 Å². The molecule has 0 aliphatic carbocycles. The second-order valence-corrected chi connectivity index (χ2v) is 6.27. The Morgan fingerprint density at radius 3 is 2.75 bits per heavy atom. The molecule has 1 aliphatic rings. The van der Waals surface area contributed by atoms with E-state index in [9.17, 15) is 0 Å². The molecule has 0 aromatic heterocycles. The molecule has 3 N–H and O–H groups in total. The van der Waals surface area contributed by atoms with Gasteiger partial charge in [0, 0.05) is 12.0 Å². The van der Waals surface area contributed by atoms with Gasteiger partial charge in [-0.2, -0.15) is 0 Å². The van der Waals surface area contributed by atoms with E-state index in [-0.39, 0.29) is 5.41 Å². The van der Waals surface area contributed by atoms with E-state index < -0.39 is 0 Å². The Labute approximate surface area is 121 Å². The molecule has 110 valence electrons. The van der Waals surface area contributed by atoms with Gasteiger partial charge in [-0.15, -0.1) is 0 Å². The van der Waals surface area contributed by atoms with Crippen LogP contribution in [0.1, 0.15) is 37.8 Å². The van der Waals surface area contributed by atoms with E-state index in [1.165, 1.54) is 17.5 Å². The normalized spacial score (nSPS) is 17.6. The van der Waals surface area contributed by atoms with Gasteiger partial charge < -0.3 is 10.9 Å². The van der Waals surface area contributed by atoms with Crippen molar-refractivity contribution in [1.29, 1.82) is 0 Å². The molecule has 0 saturated carbocycles. The minimum atomic E-state index is -0.263. The van der Waals surface area contributed by atoms with Gasteiger partial charge in [0.2, 0.25) is 0 Å². The molecule has 0 radical (unpaired) electrons. The van der Waals surface area contributed by atoms with Crippen LogP contribution in [0.15, 0.2) is 29.4 Å². The first-order valence-corrected chi connectivity index (χ1v) is 7.30. The predicted octanol–water partition coefficient (Wildman–Crippen LogP) is 2.60. The Bertz CT molecular complexity index is 482. The van der Waals surface area contributed by atoms with Crippen molar-refractivity contribution in [3.05, 3.63) is 35.4 Å². The maximum atomic E-state index is 8.83. The first-order valence-electron chi connectivity index (χ1n) is 7.30. The van der Waals surface area contributed by atoms with E-state index in [0.29, 0.717) is 5.84 Å². The first-order chi connectivity index (χ1) is 9.53. The molecule has 4 heteroatoms. The Hall–Kier alpha value is -1.55. The summed E-state index contributed by atoms with van der Waals surface area (Å²) in [6.07, 6.45) is 3.25. The van der Waals surface area contributed by atoms with Gasteiger partial charge in [-0.3, -0.25) is 4.90 Å². The summed E-state index contributed by atoms with van der Waals surface area (Å²) >= 11 is 0. The summed E-state index contributed by atoms with van der Waals surface area (Å²) in [4.78, 5) is 2.47. The molecule has 1 aromatic rings. The second kappa shape index (κ2) is 6.27. The highest BCUT2D eigenvalue weighted by molar-refractivity contribution is 5.85. The van der Waals surface area contributed by atoms with Crippen LogP contribution in [-0.4, -0.2) is 29.0 Å². The average molecular weight is 275 g/mol. The number of nitrogens with two attached hydrogens (primary N) is 1. The number of oxime groups is 1. The first kappa shape index (κ1) is 14.9. The largest absolute Gasteiger partial charge is 0.409 e. The number of rotatable bonds is 4. The number of amidine groups is 1. The lowest BCUT2D eigenvalue weighted by Crippen LogP contribution is -2.36. The van der Waals surface area contributed by atoms with Crippen LogP contribution in [0.25, 0.3) is 0 Å². The van der Waals surface area contributed by atoms with E-state index in [2.05, 4.69) is 34.3 Å². The lowest BCUT2D eigenvalue weighted by atomic mass is 9.88. The SMILES string of the molecule is CC(C)(CCN1CCCc2ccccc2C1)C(N)=NO. The van der Waals surface area contributed by atoms with Gasteiger partial charge in [0.05, 0.1) is 0 Å². The number of benzene rings is 1. The molecular weight excluding hydrogens is 250 g/mol. The Morgan fingerprint density at radius 2 is 2.05 bits per heavy atom. The lowest BCUT2D eigenvalue weighted by Gasteiger charge is -2.27. The van der Waals surface area contributed by atoms with Crippen molar-refractivity contribution in [3.8, 4) is 0 Å². The number of hydrogen-bond acceptors (Lipinski definition) is 3. The van der Waals surface area contributed by atoms with Gasteiger partial charge in [0.15, 0.2) is 0 Å². The second-order valence-electron chi connectivity index (χ2n) is 6.27. The van der Waals surface area contributed by atoms with Crippen molar-refractivity contribution >= 4 is 5.84 Å². The summed E-state index contributed by atoms with van der Waals surface area (Å²) in [5.74, 6) is 0.313. The van der Waals surface area contributed by atoms with Gasteiger partial charge in [-0.25, -0.2) is 0 Å². The number of hydrogen-bond donors (Lipinski definition) is 2. The molecule has 1 aromatic carbocycles. The number of nitrogens with zero attached hydrogens (tertiary/aromatic N) is 2. The zero-order valence-electron chi connectivity index (χ0n) is 12.5. The lowest BCUT2D eigenvalue weighted by molar-refractivity contribution is 0.236. The molecule has 0 spiro atoms. The zero-order valence-corrected chi connectivity index (χ0v) is 12.5. The Kier molecular flexibility index (Phi) is 4.65. The van der Waals surface area contributed by atoms with E-state index in [4.69, 9.17) is 10.9 Å². The van der Waals surface area contributed by atoms with Crippen LogP contribution in [0.3, 0.4) is 0 Å². The van der Waals surface area contributed by atoms with Crippen LogP contribution < -0.4 is 5.73 Å². The van der Waals surface area contributed by atoms with Gasteiger partial charge >= 0.3 is 0 Å². The minimum absolute atomic E-state index is 0.263. The average Bonchev–Trinajstić information content (AvgIpc) is 2.66. The number of fused-ring (bicyclic) bond motifs is 1. The molecule has 1 aliphatic heterocycles. The maximum Gasteiger partial charge on any atom is 0.144 e. The van der Waals surface area contributed by atoms with E-state index in [1.54, 1.807) is 0 Å². The van der Waals surface area contributed by atoms with Gasteiger partial charge in [0.25, 0.3) is 0 Å². The fourth-order valence-electron chi connectivity index (χ4n) is 2.66. The van der Waals surface area contributed by atoms with Gasteiger partial charge in [-0.05, 0) is 43.5 Å². The van der Waals surface area contributed by atoms with E-state index in [0.717, 1.165) is 32.5 Å². The Morgan fingerprint density at radius 1 is 1.35 bits per heavy atom. The molecule has 20 heavy (non-hydrogen) atoms. The third-order valence-corrected chi connectivity index (χ3v) is 4.29. The standard InChI is InChI=1S/C16H25N3O/c1-16(2,15(17)18-20)9-11-19-10-5-8-13-6-3-4-7-14(13)12-19/h3-4,6-7,20H,5,8-12H2,1-2H3,(H2,17,18). The molecule has 0 saturated heterocycles. The summed E-state index contributed by atoms with van der Waals surface area (Å²) in [6, 6.07) is 8.69. The van der Waals surface area contributed by atoms with E-state index in [1.807, 2.05) is 13.8 Å². The predicted molar refractivity (Wildman–Crippen MR) is 81.8 cm³/mol. The highest BCUT2D eigenvalue weighted by Crippen LogP contribution is 2.23. The van der Waals surface area contributed by atoms with Crippen LogP contribution in [0.5, 0.6) is 0 Å². The Balaban J connectivity index is 1.98. The van der Waals surface area contributed by atoms with Crippen molar-refractivity contribution < 1.29 is 5.21 Å². The van der Waals surface area contributed by atoms with Gasteiger partial charge in [-0.1, -0.05) is 43.3 Å². The maximum absolute atomic E-state index is 8.83. The molecule has 0 bridgehead atoms. The summed E-state index contributed by atoms with van der Waals surface area (Å²) in [7, 11) is 0. The summed E-state index contributed by atoms with van der Waals surface area (Å²) < 4.78 is 0. The van der Waals surface area contributed by atoms with E-state index >= 15 is 0 Å². The fraction of sp³-hybridized carbons (Fsp3) is 0.562. The molecular formula is C16H25N3O. The van der Waals surface area contributed by atoms with Crippen molar-refractivity contribution in [2.24, 2.45) is 16.3 Å². The monoisotopic (exact) mass is 275 g/mol. The van der Waals surface area contributed by atoms with Crippen molar-refractivity contribution in [3.63, 3.8) is 0 Å². The van der Waals surface area contributed by atoms with Crippen LogP contribution in [0.2, 0.25) is 0 Å². The van der Waals surface area contributed by atoms with Gasteiger partial charge in [0.1, 0.15) is 5.84 Å². The van der Waals surface area contributed by atoms with Crippen LogP contribution >= 0.6 is 0 Å². The van der Waals surface area contributed by atoms with Crippen LogP contribution in [0, 0.1) is 5.41 Å². The molecule has 0 fully saturated rings. The summed E-state index contributed by atoms with van der Waals surface area (Å²) in [5, 5.41) is 12.0. The summed E-state index contributed by atoms with van der Waals surface area (Å²) in [6.45, 7) is 7.13. The smallest absolute Gasteiger partial charge is 0.144 e. The number of aryl methyl sites for hydroxylation is 1. The molecule has 0 amide bonds. The van der Waals surface area contributed by atoms with Crippen LogP contribution in [0.4, 0.5) is 0 Å². The van der Waals surface area contributed by atoms with Crippen molar-refractivity contribution in [1.82, 2.24) is 4.90 Å². The molecule has 1 heterocycles. The highest BCUT2D eigenvalue weighted by Gasteiger charge is 2.25. The van der Waals surface area contributed by atoms with Crippen molar-refractivity contribution in [2.45, 2.75) is 39.7 Å². The fourth-order valence-corrected chi connectivity index (χ4v) is 2.66.